The standard InChI is InChI=1S/2C20H14F3N3O3/c2*1-19(11-25,17-9-14-8-12(10-24)2-7-16(14)28-17)26-18(27)13-3-5-15(6-4-13)29-20(21,22)23/h2*2-8,17H,9H2,1H3,(H,26,27)/t17-,19+;17-,19-/m00/s1. The number of alkyl halides is 6. The number of fused-ring (bicyclic) bond motifs is 2. The highest BCUT2D eigenvalue weighted by Gasteiger charge is 2.43. The first-order chi connectivity index (χ1) is 27.3. The van der Waals surface area contributed by atoms with Crippen LogP contribution in [0.5, 0.6) is 23.0 Å². The van der Waals surface area contributed by atoms with Crippen molar-refractivity contribution in [2.45, 2.75) is 62.7 Å². The van der Waals surface area contributed by atoms with Gasteiger partial charge in [0.1, 0.15) is 35.2 Å². The molecule has 2 N–H and O–H groups in total. The minimum atomic E-state index is -4.83. The van der Waals surface area contributed by atoms with Crippen LogP contribution in [0.3, 0.4) is 0 Å². The second kappa shape index (κ2) is 16.3. The van der Waals surface area contributed by atoms with Gasteiger partial charge in [-0.3, -0.25) is 9.59 Å². The van der Waals surface area contributed by atoms with Gasteiger partial charge in [0.05, 0.1) is 35.4 Å². The highest BCUT2D eigenvalue weighted by Crippen LogP contribution is 2.35. The Balaban J connectivity index is 0.000000221. The largest absolute Gasteiger partial charge is 0.573 e. The lowest BCUT2D eigenvalue weighted by molar-refractivity contribution is -0.275. The summed E-state index contributed by atoms with van der Waals surface area (Å²) >= 11 is 0. The number of rotatable bonds is 8. The van der Waals surface area contributed by atoms with Gasteiger partial charge in [0.2, 0.25) is 0 Å². The summed E-state index contributed by atoms with van der Waals surface area (Å²) < 4.78 is 92.5. The molecule has 2 amide bonds. The Morgan fingerprint density at radius 3 is 1.24 bits per heavy atom. The minimum absolute atomic E-state index is 0.0586. The number of carbonyl (C=O) groups excluding carboxylic acids is 2. The molecule has 0 bridgehead atoms. The zero-order valence-electron chi connectivity index (χ0n) is 30.2. The van der Waals surface area contributed by atoms with E-state index in [0.717, 1.165) is 59.7 Å². The molecule has 4 atom stereocenters. The van der Waals surface area contributed by atoms with Crippen molar-refractivity contribution in [3.05, 3.63) is 118 Å². The number of nitrogens with one attached hydrogen (secondary N) is 2. The molecule has 0 radical (unpaired) electrons. The van der Waals surface area contributed by atoms with E-state index < -0.39 is 59.3 Å². The number of hydrogen-bond acceptors (Lipinski definition) is 10. The molecule has 0 fully saturated rings. The Morgan fingerprint density at radius 2 is 0.948 bits per heavy atom. The summed E-state index contributed by atoms with van der Waals surface area (Å²) in [5, 5.41) is 42.5. The fraction of sp³-hybridized carbons (Fsp3) is 0.250. The van der Waals surface area contributed by atoms with Crippen LogP contribution in [0.15, 0.2) is 84.9 Å². The SMILES string of the molecule is C[C@@](C#N)(NC(=O)c1ccc(OC(F)(F)F)cc1)[C@@H]1Cc2cc(C#N)ccc2O1.C[C@](C#N)(NC(=O)c1ccc(OC(F)(F)F)cc1)[C@@H]1Cc2cc(C#N)ccc2O1. The van der Waals surface area contributed by atoms with Gasteiger partial charge in [-0.2, -0.15) is 21.0 Å². The molecule has 0 saturated carbocycles. The highest BCUT2D eigenvalue weighted by molar-refractivity contribution is 5.95. The van der Waals surface area contributed by atoms with Crippen molar-refractivity contribution < 1.29 is 54.9 Å². The van der Waals surface area contributed by atoms with Gasteiger partial charge in [-0.25, -0.2) is 0 Å². The molecular formula is C40H28F6N6O6. The average Bonchev–Trinajstić information content (AvgIpc) is 3.82. The van der Waals surface area contributed by atoms with Gasteiger partial charge in [-0.05, 0) is 110 Å². The molecular weight excluding hydrogens is 774 g/mol. The van der Waals surface area contributed by atoms with Gasteiger partial charge in [0, 0.05) is 24.0 Å². The molecule has 6 rings (SSSR count). The van der Waals surface area contributed by atoms with E-state index in [1.54, 1.807) is 36.4 Å². The summed E-state index contributed by atoms with van der Waals surface area (Å²) in [4.78, 5) is 25.0. The van der Waals surface area contributed by atoms with E-state index in [1.165, 1.54) is 13.8 Å². The molecule has 0 saturated heterocycles. The molecule has 0 unspecified atom stereocenters. The fourth-order valence-electron chi connectivity index (χ4n) is 5.87. The van der Waals surface area contributed by atoms with Crippen molar-refractivity contribution in [1.82, 2.24) is 10.6 Å². The Hall–Kier alpha value is -7.44. The van der Waals surface area contributed by atoms with Crippen LogP contribution in [0, 0.1) is 45.3 Å². The summed E-state index contributed by atoms with van der Waals surface area (Å²) in [5.41, 5.74) is -0.300. The Morgan fingerprint density at radius 1 is 0.603 bits per heavy atom. The quantitative estimate of drug-likeness (QED) is 0.176. The van der Waals surface area contributed by atoms with Crippen molar-refractivity contribution in [2.24, 2.45) is 0 Å². The first-order valence-corrected chi connectivity index (χ1v) is 16.9. The van der Waals surface area contributed by atoms with Crippen LogP contribution in [0.25, 0.3) is 0 Å². The topological polar surface area (TPSA) is 190 Å². The van der Waals surface area contributed by atoms with E-state index in [4.69, 9.17) is 20.0 Å². The number of nitrogens with zero attached hydrogens (tertiary/aromatic N) is 4. The van der Waals surface area contributed by atoms with E-state index >= 15 is 0 Å². The van der Waals surface area contributed by atoms with Crippen molar-refractivity contribution >= 4 is 11.8 Å². The Bertz CT molecular complexity index is 2210. The summed E-state index contributed by atoms with van der Waals surface area (Å²) in [7, 11) is 0. The third kappa shape index (κ3) is 10.0. The third-order valence-electron chi connectivity index (χ3n) is 8.93. The minimum Gasteiger partial charge on any atom is -0.486 e. The first-order valence-electron chi connectivity index (χ1n) is 16.9. The number of ether oxygens (including phenoxy) is 4. The molecule has 4 aromatic carbocycles. The molecule has 0 spiro atoms. The number of benzene rings is 4. The number of carbonyl (C=O) groups is 2. The van der Waals surface area contributed by atoms with E-state index in [0.29, 0.717) is 35.5 Å². The van der Waals surface area contributed by atoms with Gasteiger partial charge >= 0.3 is 12.7 Å². The normalized spacial score (nSPS) is 17.1. The third-order valence-corrected chi connectivity index (χ3v) is 8.93. The molecule has 2 heterocycles. The van der Waals surface area contributed by atoms with Gasteiger partial charge in [-0.15, -0.1) is 26.3 Å². The zero-order valence-corrected chi connectivity index (χ0v) is 30.2. The van der Waals surface area contributed by atoms with Crippen molar-refractivity contribution in [3.63, 3.8) is 0 Å². The molecule has 58 heavy (non-hydrogen) atoms. The van der Waals surface area contributed by atoms with Gasteiger partial charge < -0.3 is 29.6 Å². The summed E-state index contributed by atoms with van der Waals surface area (Å²) in [6.45, 7) is 2.99. The Kier molecular flexibility index (Phi) is 11.8. The molecule has 296 valence electrons. The van der Waals surface area contributed by atoms with Crippen molar-refractivity contribution in [1.29, 1.82) is 21.0 Å². The maximum Gasteiger partial charge on any atom is 0.573 e. The molecule has 0 aromatic heterocycles. The predicted octanol–water partition coefficient (Wildman–Crippen LogP) is 6.95. The zero-order chi connectivity index (χ0) is 42.5. The molecule has 2 aliphatic heterocycles. The number of amides is 2. The maximum atomic E-state index is 12.5. The summed E-state index contributed by atoms with van der Waals surface area (Å²) in [6, 6.07) is 26.6. The maximum absolute atomic E-state index is 12.5. The van der Waals surface area contributed by atoms with Gasteiger partial charge in [-0.1, -0.05) is 0 Å². The molecule has 0 aliphatic carbocycles. The lowest BCUT2D eigenvalue weighted by Gasteiger charge is -2.29. The smallest absolute Gasteiger partial charge is 0.486 e. The second-order valence-electron chi connectivity index (χ2n) is 13.2. The van der Waals surface area contributed by atoms with E-state index in [2.05, 4.69) is 20.1 Å². The van der Waals surface area contributed by atoms with Crippen molar-refractivity contribution in [3.8, 4) is 47.3 Å². The van der Waals surface area contributed by atoms with Crippen LogP contribution in [-0.2, 0) is 12.8 Å². The van der Waals surface area contributed by atoms with Crippen LogP contribution < -0.4 is 29.6 Å². The molecule has 2 aliphatic rings. The van der Waals surface area contributed by atoms with Crippen molar-refractivity contribution in [2.75, 3.05) is 0 Å². The van der Waals surface area contributed by atoms with Crippen LogP contribution in [0.4, 0.5) is 26.3 Å². The first kappa shape index (κ1) is 41.7. The van der Waals surface area contributed by atoms with Crippen LogP contribution >= 0.6 is 0 Å². The Labute approximate surface area is 326 Å². The molecule has 4 aromatic rings. The summed E-state index contributed by atoms with van der Waals surface area (Å²) in [6.07, 6.45) is -10.4. The van der Waals surface area contributed by atoms with Crippen LogP contribution in [0.1, 0.15) is 56.8 Å². The van der Waals surface area contributed by atoms with Crippen LogP contribution in [0.2, 0.25) is 0 Å². The van der Waals surface area contributed by atoms with Crippen LogP contribution in [-0.4, -0.2) is 47.8 Å². The molecule has 12 nitrogen and oxygen atoms in total. The summed E-state index contributed by atoms with van der Waals surface area (Å²) in [5.74, 6) is -1.16. The van der Waals surface area contributed by atoms with Gasteiger partial charge in [0.15, 0.2) is 11.1 Å². The monoisotopic (exact) mass is 802 g/mol. The molecule has 18 heteroatoms. The fourth-order valence-corrected chi connectivity index (χ4v) is 5.87. The lowest BCUT2D eigenvalue weighted by Crippen LogP contribution is -2.55. The number of hydrogen-bond donors (Lipinski definition) is 2. The van der Waals surface area contributed by atoms with E-state index in [-0.39, 0.29) is 11.1 Å². The number of halogens is 6. The number of nitriles is 4. The lowest BCUT2D eigenvalue weighted by atomic mass is 9.92. The van der Waals surface area contributed by atoms with Gasteiger partial charge in [0.25, 0.3) is 11.8 Å². The predicted molar refractivity (Wildman–Crippen MR) is 188 cm³/mol. The van der Waals surface area contributed by atoms with E-state index in [1.807, 2.05) is 24.3 Å². The average molecular weight is 803 g/mol. The highest BCUT2D eigenvalue weighted by atomic mass is 19.4. The van der Waals surface area contributed by atoms with E-state index in [9.17, 15) is 46.5 Å². The second-order valence-corrected chi connectivity index (χ2v) is 13.2.